The first-order chi connectivity index (χ1) is 14.0. The normalized spacial score (nSPS) is 16.9. The Morgan fingerprint density at radius 2 is 1.59 bits per heavy atom. The highest BCUT2D eigenvalue weighted by Gasteiger charge is 2.36. The van der Waals surface area contributed by atoms with Crippen LogP contribution in [0.1, 0.15) is 18.1 Å². The molecule has 1 aliphatic rings. The van der Waals surface area contributed by atoms with Crippen molar-refractivity contribution in [1.82, 2.24) is 10.6 Å². The van der Waals surface area contributed by atoms with Gasteiger partial charge in [-0.3, -0.25) is 9.59 Å². The summed E-state index contributed by atoms with van der Waals surface area (Å²) in [5, 5.41) is 5.27. The Kier molecular flexibility index (Phi) is 6.97. The minimum atomic E-state index is -0.879. The third kappa shape index (κ3) is 6.43. The van der Waals surface area contributed by atoms with Gasteiger partial charge in [0, 0.05) is 6.42 Å². The van der Waals surface area contributed by atoms with Gasteiger partial charge in [-0.1, -0.05) is 60.7 Å². The van der Waals surface area contributed by atoms with E-state index in [0.717, 1.165) is 11.1 Å². The molecular weight excluding hydrogens is 372 g/mol. The number of hydrogen-bond acceptors (Lipinski definition) is 5. The van der Waals surface area contributed by atoms with E-state index in [1.54, 1.807) is 6.92 Å². The van der Waals surface area contributed by atoms with Crippen molar-refractivity contribution in [3.05, 3.63) is 71.8 Å². The van der Waals surface area contributed by atoms with Crippen LogP contribution in [0, 0.1) is 0 Å². The zero-order valence-electron chi connectivity index (χ0n) is 16.2. The Balaban J connectivity index is 1.60. The van der Waals surface area contributed by atoms with Crippen LogP contribution in [0.5, 0.6) is 0 Å². The number of Topliss-reactive ketones (excluding diaryl/α,β-unsaturated/α-hetero) is 1. The van der Waals surface area contributed by atoms with Crippen molar-refractivity contribution in [1.29, 1.82) is 0 Å². The summed E-state index contributed by atoms with van der Waals surface area (Å²) in [6.45, 7) is 2.09. The van der Waals surface area contributed by atoms with Crippen molar-refractivity contribution in [2.45, 2.75) is 38.1 Å². The van der Waals surface area contributed by atoms with E-state index in [-0.39, 0.29) is 18.8 Å². The molecule has 0 unspecified atom stereocenters. The highest BCUT2D eigenvalue weighted by Crippen LogP contribution is 2.12. The quantitative estimate of drug-likeness (QED) is 0.632. The second-order valence-electron chi connectivity index (χ2n) is 6.90. The standard InChI is InChI=1S/C22H24N2O5/c1-15(20(25)19-14-28-19)23-21(26)18(12-16-8-4-2-5-9-16)24-22(27)29-13-17-10-6-3-7-11-17/h2-11,15,18-19H,12-14H2,1H3,(H,23,26)(H,24,27)/t15-,18-,19+/m0/s1. The highest BCUT2D eigenvalue weighted by molar-refractivity contribution is 5.95. The molecule has 29 heavy (non-hydrogen) atoms. The number of alkyl carbamates (subject to hydrolysis) is 1. The summed E-state index contributed by atoms with van der Waals surface area (Å²) in [7, 11) is 0. The fourth-order valence-corrected chi connectivity index (χ4v) is 2.84. The third-order valence-corrected chi connectivity index (χ3v) is 4.54. The topological polar surface area (TPSA) is 97.0 Å². The molecule has 1 fully saturated rings. The molecule has 152 valence electrons. The molecule has 2 N–H and O–H groups in total. The lowest BCUT2D eigenvalue weighted by Gasteiger charge is -2.20. The number of nitrogens with one attached hydrogen (secondary N) is 2. The number of benzene rings is 2. The lowest BCUT2D eigenvalue weighted by molar-refractivity contribution is -0.129. The second-order valence-corrected chi connectivity index (χ2v) is 6.90. The van der Waals surface area contributed by atoms with Gasteiger partial charge in [-0.05, 0) is 18.1 Å². The van der Waals surface area contributed by atoms with Gasteiger partial charge < -0.3 is 20.1 Å². The minimum absolute atomic E-state index is 0.0975. The summed E-state index contributed by atoms with van der Waals surface area (Å²) in [5.74, 6) is -0.629. The van der Waals surface area contributed by atoms with Crippen LogP contribution in [0.2, 0.25) is 0 Å². The predicted molar refractivity (Wildman–Crippen MR) is 106 cm³/mol. The molecular formula is C22H24N2O5. The predicted octanol–water partition coefficient (Wildman–Crippen LogP) is 2.00. The van der Waals surface area contributed by atoms with Gasteiger partial charge in [0.05, 0.1) is 12.6 Å². The van der Waals surface area contributed by atoms with E-state index in [4.69, 9.17) is 9.47 Å². The van der Waals surface area contributed by atoms with Crippen LogP contribution >= 0.6 is 0 Å². The fraction of sp³-hybridized carbons (Fsp3) is 0.318. The molecule has 7 heteroatoms. The number of rotatable bonds is 9. The number of carbonyl (C=O) groups is 3. The summed E-state index contributed by atoms with van der Waals surface area (Å²) < 4.78 is 10.2. The number of ketones is 1. The largest absolute Gasteiger partial charge is 0.445 e. The monoisotopic (exact) mass is 396 g/mol. The third-order valence-electron chi connectivity index (χ3n) is 4.54. The molecule has 2 aromatic carbocycles. The Hall–Kier alpha value is -3.19. The number of amides is 2. The smallest absolute Gasteiger partial charge is 0.408 e. The first-order valence-electron chi connectivity index (χ1n) is 9.50. The van der Waals surface area contributed by atoms with Crippen LogP contribution in [0.25, 0.3) is 0 Å². The fourth-order valence-electron chi connectivity index (χ4n) is 2.84. The van der Waals surface area contributed by atoms with Crippen LogP contribution in [0.3, 0.4) is 0 Å². The number of epoxide rings is 1. The van der Waals surface area contributed by atoms with Gasteiger partial charge >= 0.3 is 6.09 Å². The molecule has 7 nitrogen and oxygen atoms in total. The lowest BCUT2D eigenvalue weighted by Crippen LogP contribution is -2.52. The van der Waals surface area contributed by atoms with Crippen molar-refractivity contribution in [2.24, 2.45) is 0 Å². The average molecular weight is 396 g/mol. The van der Waals surface area contributed by atoms with E-state index in [2.05, 4.69) is 10.6 Å². The Bertz CT molecular complexity index is 837. The van der Waals surface area contributed by atoms with Crippen LogP contribution in [0.4, 0.5) is 4.79 Å². The van der Waals surface area contributed by atoms with E-state index in [1.165, 1.54) is 0 Å². The summed E-state index contributed by atoms with van der Waals surface area (Å²) in [6.07, 6.45) is -0.871. The van der Waals surface area contributed by atoms with Crippen molar-refractivity contribution < 1.29 is 23.9 Å². The van der Waals surface area contributed by atoms with Crippen molar-refractivity contribution in [3.8, 4) is 0 Å². The molecule has 2 aromatic rings. The van der Waals surface area contributed by atoms with E-state index in [0.29, 0.717) is 6.61 Å². The minimum Gasteiger partial charge on any atom is -0.445 e. The molecule has 1 aliphatic heterocycles. The molecule has 0 aromatic heterocycles. The molecule has 0 saturated carbocycles. The van der Waals surface area contributed by atoms with Gasteiger partial charge in [0.15, 0.2) is 5.78 Å². The highest BCUT2D eigenvalue weighted by atomic mass is 16.6. The van der Waals surface area contributed by atoms with E-state index < -0.39 is 30.2 Å². The second kappa shape index (κ2) is 9.84. The summed E-state index contributed by atoms with van der Waals surface area (Å²) in [5.41, 5.74) is 1.72. The van der Waals surface area contributed by atoms with Gasteiger partial charge in [0.2, 0.25) is 5.91 Å². The lowest BCUT2D eigenvalue weighted by atomic mass is 10.0. The Labute approximate surface area is 169 Å². The number of carbonyl (C=O) groups excluding carboxylic acids is 3. The van der Waals surface area contributed by atoms with E-state index in [9.17, 15) is 14.4 Å². The molecule has 0 bridgehead atoms. The maximum Gasteiger partial charge on any atom is 0.408 e. The number of hydrogen-bond donors (Lipinski definition) is 2. The molecule has 3 atom stereocenters. The summed E-state index contributed by atoms with van der Waals surface area (Å²) in [4.78, 5) is 37.1. The molecule has 2 amide bonds. The first-order valence-corrected chi connectivity index (χ1v) is 9.50. The van der Waals surface area contributed by atoms with E-state index >= 15 is 0 Å². The zero-order chi connectivity index (χ0) is 20.6. The van der Waals surface area contributed by atoms with Gasteiger partial charge in [0.1, 0.15) is 18.8 Å². The van der Waals surface area contributed by atoms with Crippen molar-refractivity contribution >= 4 is 17.8 Å². The molecule has 0 spiro atoms. The van der Waals surface area contributed by atoms with Crippen LogP contribution in [0.15, 0.2) is 60.7 Å². The van der Waals surface area contributed by atoms with Gasteiger partial charge in [-0.25, -0.2) is 4.79 Å². The Morgan fingerprint density at radius 3 is 2.17 bits per heavy atom. The summed E-state index contributed by atoms with van der Waals surface area (Å²) in [6, 6.07) is 17.0. The molecule has 1 heterocycles. The van der Waals surface area contributed by atoms with E-state index in [1.807, 2.05) is 60.7 Å². The Morgan fingerprint density at radius 1 is 1.00 bits per heavy atom. The van der Waals surface area contributed by atoms with Crippen LogP contribution in [-0.4, -0.2) is 42.6 Å². The van der Waals surface area contributed by atoms with Gasteiger partial charge in [-0.15, -0.1) is 0 Å². The van der Waals surface area contributed by atoms with Gasteiger partial charge in [-0.2, -0.15) is 0 Å². The molecule has 1 saturated heterocycles. The zero-order valence-corrected chi connectivity index (χ0v) is 16.2. The first kappa shape index (κ1) is 20.5. The van der Waals surface area contributed by atoms with Crippen LogP contribution < -0.4 is 10.6 Å². The maximum absolute atomic E-state index is 12.7. The molecule has 0 aliphatic carbocycles. The SMILES string of the molecule is C[C@H](NC(=O)[C@H](Cc1ccccc1)NC(=O)OCc1ccccc1)C(=O)[C@H]1CO1. The van der Waals surface area contributed by atoms with Crippen molar-refractivity contribution in [3.63, 3.8) is 0 Å². The summed E-state index contributed by atoms with van der Waals surface area (Å²) >= 11 is 0. The van der Waals surface area contributed by atoms with Crippen molar-refractivity contribution in [2.75, 3.05) is 6.61 Å². The van der Waals surface area contributed by atoms with Crippen LogP contribution in [-0.2, 0) is 32.1 Å². The number of ether oxygens (including phenoxy) is 2. The maximum atomic E-state index is 12.7. The molecule has 3 rings (SSSR count). The molecule has 0 radical (unpaired) electrons. The average Bonchev–Trinajstić information content (AvgIpc) is 3.58. The van der Waals surface area contributed by atoms with Gasteiger partial charge in [0.25, 0.3) is 0 Å².